The molecule has 196 valence electrons. The fourth-order valence-electron chi connectivity index (χ4n) is 4.78. The SMILES string of the molecule is CC(=O)Nc1cc(Oc2ccc3nc(Nc4cc(C5CC5)c(=O)n(C5CCOCC5)n4)n(C)c3c2)ccn1. The number of hydrogen-bond acceptors (Lipinski definition) is 8. The zero-order valence-corrected chi connectivity index (χ0v) is 21.3. The van der Waals surface area contributed by atoms with Crippen molar-refractivity contribution in [2.24, 2.45) is 7.05 Å². The highest BCUT2D eigenvalue weighted by Gasteiger charge is 2.30. The molecule has 1 aliphatic carbocycles. The van der Waals surface area contributed by atoms with Gasteiger partial charge in [-0.15, -0.1) is 0 Å². The van der Waals surface area contributed by atoms with Gasteiger partial charge in [-0.2, -0.15) is 5.10 Å². The second-order valence-electron chi connectivity index (χ2n) is 9.78. The van der Waals surface area contributed by atoms with Crippen LogP contribution in [0.2, 0.25) is 0 Å². The molecule has 3 aromatic heterocycles. The number of amides is 1. The van der Waals surface area contributed by atoms with Crippen LogP contribution in [0.4, 0.5) is 17.6 Å². The summed E-state index contributed by atoms with van der Waals surface area (Å²) in [5.74, 6) is 2.91. The molecule has 0 unspecified atom stereocenters. The van der Waals surface area contributed by atoms with Crippen LogP contribution in [0.3, 0.4) is 0 Å². The molecule has 2 aliphatic rings. The van der Waals surface area contributed by atoms with Crippen LogP contribution in [0.1, 0.15) is 50.1 Å². The standard InChI is InChI=1S/C27H29N7O4/c1-16(35)29-24-14-20(7-10-28-24)38-19-5-6-22-23(13-19)33(2)27(30-22)31-25-15-21(17-3-4-17)26(36)34(32-25)18-8-11-37-12-9-18/h5-7,10,13-15,17-18H,3-4,8-9,11-12H2,1-2H3,(H,28,29,35)(H,30,31,32). The molecule has 0 spiro atoms. The van der Waals surface area contributed by atoms with Crippen LogP contribution in [-0.4, -0.2) is 43.4 Å². The molecule has 4 aromatic rings. The smallest absolute Gasteiger partial charge is 0.270 e. The Hall–Kier alpha value is -4.25. The topological polar surface area (TPSA) is 125 Å². The quantitative estimate of drug-likeness (QED) is 0.374. The van der Waals surface area contributed by atoms with E-state index in [0.29, 0.717) is 48.2 Å². The molecule has 1 aromatic carbocycles. The highest BCUT2D eigenvalue weighted by Crippen LogP contribution is 2.39. The molecule has 1 aliphatic heterocycles. The van der Waals surface area contributed by atoms with Gasteiger partial charge in [-0.05, 0) is 55.9 Å². The maximum Gasteiger partial charge on any atom is 0.270 e. The van der Waals surface area contributed by atoms with Crippen LogP contribution in [0.25, 0.3) is 11.0 Å². The molecule has 4 heterocycles. The summed E-state index contributed by atoms with van der Waals surface area (Å²) < 4.78 is 15.1. The summed E-state index contributed by atoms with van der Waals surface area (Å²) in [5, 5.41) is 10.7. The van der Waals surface area contributed by atoms with Gasteiger partial charge in [0, 0.05) is 51.1 Å². The van der Waals surface area contributed by atoms with Crippen molar-refractivity contribution in [1.82, 2.24) is 24.3 Å². The summed E-state index contributed by atoms with van der Waals surface area (Å²) in [6.07, 6.45) is 5.20. The predicted molar refractivity (Wildman–Crippen MR) is 142 cm³/mol. The van der Waals surface area contributed by atoms with E-state index in [9.17, 15) is 9.59 Å². The molecule has 1 saturated carbocycles. The number of hydrogen-bond donors (Lipinski definition) is 2. The molecule has 2 fully saturated rings. The molecule has 11 heteroatoms. The number of carbonyl (C=O) groups excluding carboxylic acids is 1. The van der Waals surface area contributed by atoms with E-state index in [1.54, 1.807) is 23.0 Å². The molecule has 0 atom stereocenters. The number of fused-ring (bicyclic) bond motifs is 1. The second kappa shape index (κ2) is 9.90. The van der Waals surface area contributed by atoms with E-state index in [0.717, 1.165) is 42.3 Å². The van der Waals surface area contributed by atoms with Gasteiger partial charge in [0.15, 0.2) is 5.82 Å². The molecule has 1 amide bonds. The van der Waals surface area contributed by atoms with E-state index < -0.39 is 0 Å². The van der Waals surface area contributed by atoms with Crippen LogP contribution in [0.15, 0.2) is 47.4 Å². The molecule has 1 saturated heterocycles. The number of nitrogens with zero attached hydrogens (tertiary/aromatic N) is 5. The van der Waals surface area contributed by atoms with E-state index in [-0.39, 0.29) is 17.5 Å². The zero-order chi connectivity index (χ0) is 26.2. The molecule has 0 bridgehead atoms. The van der Waals surface area contributed by atoms with Crippen LogP contribution >= 0.6 is 0 Å². The predicted octanol–water partition coefficient (Wildman–Crippen LogP) is 4.25. The normalized spacial score (nSPS) is 15.9. The van der Waals surface area contributed by atoms with Gasteiger partial charge in [0.2, 0.25) is 11.9 Å². The summed E-state index contributed by atoms with van der Waals surface area (Å²) in [5.41, 5.74) is 2.48. The van der Waals surface area contributed by atoms with Crippen molar-refractivity contribution in [3.63, 3.8) is 0 Å². The first kappa shape index (κ1) is 24.1. The van der Waals surface area contributed by atoms with Gasteiger partial charge in [-0.1, -0.05) is 0 Å². The zero-order valence-electron chi connectivity index (χ0n) is 21.3. The number of aromatic nitrogens is 5. The number of imidazole rings is 1. The van der Waals surface area contributed by atoms with E-state index in [1.807, 2.05) is 35.9 Å². The molecule has 0 radical (unpaired) electrons. The van der Waals surface area contributed by atoms with Gasteiger partial charge >= 0.3 is 0 Å². The third-order valence-corrected chi connectivity index (χ3v) is 6.88. The first-order chi connectivity index (χ1) is 18.4. The Morgan fingerprint density at radius 2 is 1.84 bits per heavy atom. The van der Waals surface area contributed by atoms with Gasteiger partial charge in [-0.25, -0.2) is 14.6 Å². The summed E-state index contributed by atoms with van der Waals surface area (Å²) >= 11 is 0. The van der Waals surface area contributed by atoms with E-state index >= 15 is 0 Å². The van der Waals surface area contributed by atoms with E-state index in [2.05, 4.69) is 15.6 Å². The fourth-order valence-corrected chi connectivity index (χ4v) is 4.78. The minimum atomic E-state index is -0.201. The summed E-state index contributed by atoms with van der Waals surface area (Å²) in [7, 11) is 1.92. The highest BCUT2D eigenvalue weighted by molar-refractivity contribution is 5.87. The second-order valence-corrected chi connectivity index (χ2v) is 9.78. The van der Waals surface area contributed by atoms with Gasteiger partial charge < -0.3 is 24.7 Å². The minimum Gasteiger partial charge on any atom is -0.457 e. The van der Waals surface area contributed by atoms with Crippen LogP contribution in [-0.2, 0) is 16.6 Å². The Kier molecular flexibility index (Phi) is 6.28. The van der Waals surface area contributed by atoms with Gasteiger partial charge in [-0.3, -0.25) is 9.59 Å². The van der Waals surface area contributed by atoms with Crippen LogP contribution in [0, 0.1) is 0 Å². The molecule has 38 heavy (non-hydrogen) atoms. The first-order valence-corrected chi connectivity index (χ1v) is 12.8. The van der Waals surface area contributed by atoms with Crippen molar-refractivity contribution in [3.05, 3.63) is 58.5 Å². The average molecular weight is 516 g/mol. The van der Waals surface area contributed by atoms with E-state index in [1.165, 1.54) is 6.92 Å². The minimum absolute atomic E-state index is 0.00881. The van der Waals surface area contributed by atoms with Gasteiger partial charge in [0.1, 0.15) is 17.3 Å². The lowest BCUT2D eigenvalue weighted by atomic mass is 10.1. The van der Waals surface area contributed by atoms with Gasteiger partial charge in [0.25, 0.3) is 5.56 Å². The Morgan fingerprint density at radius 3 is 2.61 bits per heavy atom. The van der Waals surface area contributed by atoms with Crippen molar-refractivity contribution in [3.8, 4) is 11.5 Å². The highest BCUT2D eigenvalue weighted by atomic mass is 16.5. The summed E-state index contributed by atoms with van der Waals surface area (Å²) in [6.45, 7) is 2.70. The van der Waals surface area contributed by atoms with Crippen molar-refractivity contribution < 1.29 is 14.3 Å². The average Bonchev–Trinajstić information content (AvgIpc) is 3.71. The monoisotopic (exact) mass is 515 g/mol. The van der Waals surface area contributed by atoms with Crippen LogP contribution < -0.4 is 20.9 Å². The Bertz CT molecular complexity index is 1570. The largest absolute Gasteiger partial charge is 0.457 e. The Balaban J connectivity index is 1.28. The molecule has 6 rings (SSSR count). The first-order valence-electron chi connectivity index (χ1n) is 12.8. The summed E-state index contributed by atoms with van der Waals surface area (Å²) in [4.78, 5) is 33.4. The number of rotatable bonds is 7. The maximum atomic E-state index is 13.2. The lowest BCUT2D eigenvalue weighted by molar-refractivity contribution is -0.114. The lowest BCUT2D eigenvalue weighted by Gasteiger charge is -2.24. The fraction of sp³-hybridized carbons (Fsp3) is 0.370. The van der Waals surface area contributed by atoms with E-state index in [4.69, 9.17) is 19.6 Å². The number of anilines is 3. The number of pyridine rings is 1. The third kappa shape index (κ3) is 4.97. The molecule has 2 N–H and O–H groups in total. The number of aryl methyl sites for hydroxylation is 1. The van der Waals surface area contributed by atoms with Crippen molar-refractivity contribution in [2.45, 2.75) is 44.6 Å². The molecular weight excluding hydrogens is 486 g/mol. The van der Waals surface area contributed by atoms with Crippen molar-refractivity contribution in [1.29, 1.82) is 0 Å². The molecular formula is C27H29N7O4. The summed E-state index contributed by atoms with van der Waals surface area (Å²) in [6, 6.07) is 10.9. The van der Waals surface area contributed by atoms with Gasteiger partial charge in [0.05, 0.1) is 17.1 Å². The lowest BCUT2D eigenvalue weighted by Crippen LogP contribution is -2.33. The van der Waals surface area contributed by atoms with Crippen molar-refractivity contribution >= 4 is 34.5 Å². The van der Waals surface area contributed by atoms with Crippen LogP contribution in [0.5, 0.6) is 11.5 Å². The number of carbonyl (C=O) groups is 1. The number of nitrogens with one attached hydrogen (secondary N) is 2. The third-order valence-electron chi connectivity index (χ3n) is 6.88. The maximum absolute atomic E-state index is 13.2. The number of ether oxygens (including phenoxy) is 2. The molecule has 11 nitrogen and oxygen atoms in total. The Morgan fingerprint density at radius 1 is 1.05 bits per heavy atom. The Labute approximate surface area is 218 Å². The number of benzene rings is 1. The van der Waals surface area contributed by atoms with Crippen molar-refractivity contribution in [2.75, 3.05) is 23.8 Å².